The molecule has 0 spiro atoms. The Balaban J connectivity index is 2.69. The van der Waals surface area contributed by atoms with E-state index in [4.69, 9.17) is 0 Å². The Morgan fingerprint density at radius 3 is 2.60 bits per heavy atom. The van der Waals surface area contributed by atoms with Crippen molar-refractivity contribution in [3.63, 3.8) is 0 Å². The van der Waals surface area contributed by atoms with Crippen LogP contribution in [0.5, 0.6) is 0 Å². The molecule has 1 N–H and O–H groups in total. The quantitative estimate of drug-likeness (QED) is 0.669. The average Bonchev–Trinajstić information content (AvgIpc) is 2.80. The zero-order chi connectivity index (χ0) is 15.0. The molecule has 1 heterocycles. The summed E-state index contributed by atoms with van der Waals surface area (Å²) in [4.78, 5) is 5.87. The Hall–Kier alpha value is -0.410. The molecule has 0 amide bonds. The smallest absolute Gasteiger partial charge is 0.0896 e. The summed E-state index contributed by atoms with van der Waals surface area (Å²) in [5.74, 6) is 0.724. The molecule has 0 aliphatic carbocycles. The maximum Gasteiger partial charge on any atom is 0.0896 e. The minimum atomic E-state index is 0.407. The van der Waals surface area contributed by atoms with E-state index >= 15 is 0 Å². The van der Waals surface area contributed by atoms with Gasteiger partial charge in [-0.05, 0) is 44.1 Å². The zero-order valence-electron chi connectivity index (χ0n) is 14.0. The molecule has 0 saturated heterocycles. The van der Waals surface area contributed by atoms with Crippen molar-refractivity contribution in [1.29, 1.82) is 0 Å². The van der Waals surface area contributed by atoms with Gasteiger partial charge in [0, 0.05) is 17.6 Å². The minimum absolute atomic E-state index is 0.407. The fourth-order valence-electron chi connectivity index (χ4n) is 2.70. The second-order valence-corrected chi connectivity index (χ2v) is 7.82. The molecule has 0 aliphatic rings. The van der Waals surface area contributed by atoms with Gasteiger partial charge in [-0.3, -0.25) is 0 Å². The molecule has 1 aromatic rings. The molecule has 20 heavy (non-hydrogen) atoms. The monoisotopic (exact) mass is 296 g/mol. The number of unbranched alkanes of at least 4 members (excludes halogenated alkanes) is 1. The SMILES string of the molecule is CCCCC(CC)(CNCC(C)C)Cc1cnc(C)s1. The van der Waals surface area contributed by atoms with E-state index in [-0.39, 0.29) is 0 Å². The normalized spacial score (nSPS) is 14.7. The number of rotatable bonds is 10. The number of hydrogen-bond donors (Lipinski definition) is 1. The predicted molar refractivity (Wildman–Crippen MR) is 90.5 cm³/mol. The Kier molecular flexibility index (Phi) is 7.75. The Labute approximate surface area is 129 Å². The van der Waals surface area contributed by atoms with Crippen LogP contribution >= 0.6 is 11.3 Å². The van der Waals surface area contributed by atoms with Gasteiger partial charge in [0.25, 0.3) is 0 Å². The van der Waals surface area contributed by atoms with E-state index in [0.29, 0.717) is 5.41 Å². The maximum atomic E-state index is 4.42. The molecule has 0 fully saturated rings. The molecule has 0 bridgehead atoms. The van der Waals surface area contributed by atoms with Gasteiger partial charge in [-0.2, -0.15) is 0 Å². The van der Waals surface area contributed by atoms with Crippen LogP contribution in [0, 0.1) is 18.3 Å². The first-order valence-electron chi connectivity index (χ1n) is 8.13. The summed E-state index contributed by atoms with van der Waals surface area (Å²) in [6, 6.07) is 0. The Bertz CT molecular complexity index is 373. The van der Waals surface area contributed by atoms with Gasteiger partial charge in [0.15, 0.2) is 0 Å². The molecule has 116 valence electrons. The van der Waals surface area contributed by atoms with Crippen LogP contribution in [0.25, 0.3) is 0 Å². The molecular weight excluding hydrogens is 264 g/mol. The van der Waals surface area contributed by atoms with Crippen molar-refractivity contribution in [2.75, 3.05) is 13.1 Å². The van der Waals surface area contributed by atoms with E-state index in [9.17, 15) is 0 Å². The lowest BCUT2D eigenvalue weighted by Crippen LogP contribution is -2.37. The van der Waals surface area contributed by atoms with Crippen molar-refractivity contribution in [3.8, 4) is 0 Å². The van der Waals surface area contributed by atoms with Crippen molar-refractivity contribution in [1.82, 2.24) is 10.3 Å². The molecular formula is C17H32N2S. The zero-order valence-corrected chi connectivity index (χ0v) is 14.8. The van der Waals surface area contributed by atoms with Crippen LogP contribution in [-0.2, 0) is 6.42 Å². The third-order valence-electron chi connectivity index (χ3n) is 4.08. The molecule has 1 unspecified atom stereocenters. The molecule has 1 rings (SSSR count). The van der Waals surface area contributed by atoms with Gasteiger partial charge in [-0.15, -0.1) is 11.3 Å². The highest BCUT2D eigenvalue weighted by Gasteiger charge is 2.28. The van der Waals surface area contributed by atoms with Crippen LogP contribution in [0.2, 0.25) is 0 Å². The molecule has 2 nitrogen and oxygen atoms in total. The van der Waals surface area contributed by atoms with Crippen molar-refractivity contribution in [3.05, 3.63) is 16.1 Å². The van der Waals surface area contributed by atoms with Gasteiger partial charge in [0.05, 0.1) is 5.01 Å². The first kappa shape index (κ1) is 17.6. The van der Waals surface area contributed by atoms with E-state index in [2.05, 4.69) is 51.1 Å². The summed E-state index contributed by atoms with van der Waals surface area (Å²) in [6.45, 7) is 13.6. The highest BCUT2D eigenvalue weighted by Crippen LogP contribution is 2.34. The standard InChI is InChI=1S/C17H32N2S/c1-6-8-9-17(7-2,13-18-11-14(3)4)10-16-12-19-15(5)20-16/h12,14,18H,6-11,13H2,1-5H3. The first-order valence-corrected chi connectivity index (χ1v) is 8.95. The van der Waals surface area contributed by atoms with Crippen molar-refractivity contribution in [2.45, 2.75) is 66.7 Å². The van der Waals surface area contributed by atoms with E-state index in [0.717, 1.165) is 19.0 Å². The van der Waals surface area contributed by atoms with E-state index < -0.39 is 0 Å². The summed E-state index contributed by atoms with van der Waals surface area (Å²) in [5, 5.41) is 4.89. The highest BCUT2D eigenvalue weighted by molar-refractivity contribution is 7.11. The Morgan fingerprint density at radius 1 is 1.35 bits per heavy atom. The highest BCUT2D eigenvalue weighted by atomic mass is 32.1. The van der Waals surface area contributed by atoms with Crippen molar-refractivity contribution in [2.24, 2.45) is 11.3 Å². The second-order valence-electron chi connectivity index (χ2n) is 6.50. The summed E-state index contributed by atoms with van der Waals surface area (Å²) in [5.41, 5.74) is 0.407. The summed E-state index contributed by atoms with van der Waals surface area (Å²) in [6.07, 6.45) is 8.44. The van der Waals surface area contributed by atoms with Crippen molar-refractivity contribution >= 4 is 11.3 Å². The fraction of sp³-hybridized carbons (Fsp3) is 0.824. The topological polar surface area (TPSA) is 24.9 Å². The van der Waals surface area contributed by atoms with Gasteiger partial charge in [0.2, 0.25) is 0 Å². The van der Waals surface area contributed by atoms with Gasteiger partial charge in [-0.1, -0.05) is 40.5 Å². The summed E-state index contributed by atoms with van der Waals surface area (Å²) in [7, 11) is 0. The van der Waals surface area contributed by atoms with Crippen LogP contribution < -0.4 is 5.32 Å². The number of hydrogen-bond acceptors (Lipinski definition) is 3. The van der Waals surface area contributed by atoms with Crippen molar-refractivity contribution < 1.29 is 0 Å². The Morgan fingerprint density at radius 2 is 2.10 bits per heavy atom. The van der Waals surface area contributed by atoms with E-state index in [1.54, 1.807) is 0 Å². The molecule has 0 saturated carbocycles. The maximum absolute atomic E-state index is 4.42. The number of nitrogens with one attached hydrogen (secondary N) is 1. The summed E-state index contributed by atoms with van der Waals surface area (Å²) >= 11 is 1.86. The first-order chi connectivity index (χ1) is 9.51. The van der Waals surface area contributed by atoms with Crippen LogP contribution in [-0.4, -0.2) is 18.1 Å². The molecule has 0 aliphatic heterocycles. The molecule has 1 atom stereocenters. The van der Waals surface area contributed by atoms with Crippen LogP contribution in [0.3, 0.4) is 0 Å². The van der Waals surface area contributed by atoms with Gasteiger partial charge < -0.3 is 5.32 Å². The second kappa shape index (κ2) is 8.78. The number of nitrogens with zero attached hydrogens (tertiary/aromatic N) is 1. The largest absolute Gasteiger partial charge is 0.316 e. The van der Waals surface area contributed by atoms with Crippen LogP contribution in [0.1, 0.15) is 63.3 Å². The fourth-order valence-corrected chi connectivity index (χ4v) is 3.67. The van der Waals surface area contributed by atoms with Crippen LogP contribution in [0.4, 0.5) is 0 Å². The third-order valence-corrected chi connectivity index (χ3v) is 4.99. The van der Waals surface area contributed by atoms with E-state index in [1.807, 2.05) is 11.3 Å². The average molecular weight is 297 g/mol. The third kappa shape index (κ3) is 5.92. The molecule has 0 radical (unpaired) electrons. The predicted octanol–water partition coefficient (Wildman–Crippen LogP) is 4.83. The summed E-state index contributed by atoms with van der Waals surface area (Å²) < 4.78 is 0. The number of aromatic nitrogens is 1. The van der Waals surface area contributed by atoms with Crippen LogP contribution in [0.15, 0.2) is 6.20 Å². The van der Waals surface area contributed by atoms with Gasteiger partial charge in [0.1, 0.15) is 0 Å². The van der Waals surface area contributed by atoms with E-state index in [1.165, 1.54) is 42.0 Å². The van der Waals surface area contributed by atoms with Gasteiger partial charge in [-0.25, -0.2) is 4.98 Å². The minimum Gasteiger partial charge on any atom is -0.316 e. The molecule has 3 heteroatoms. The molecule has 0 aromatic carbocycles. The lowest BCUT2D eigenvalue weighted by Gasteiger charge is -2.33. The lowest BCUT2D eigenvalue weighted by molar-refractivity contribution is 0.227. The van der Waals surface area contributed by atoms with Gasteiger partial charge >= 0.3 is 0 Å². The number of thiazole rings is 1. The lowest BCUT2D eigenvalue weighted by atomic mass is 9.76. The molecule has 1 aromatic heterocycles. The number of aryl methyl sites for hydroxylation is 1.